The average molecular weight is 496 g/mol. The SMILES string of the molecule is COCCOCC[N+]1(C)CCCCCC1.O=S(=O)([N-]S(=O)(=O)C(F)(F)F)C(F)(F)F. The van der Waals surface area contributed by atoms with E-state index in [4.69, 9.17) is 9.47 Å². The smallest absolute Gasteiger partial charge is 0.421 e. The van der Waals surface area contributed by atoms with Crippen LogP contribution in [0.4, 0.5) is 26.3 Å². The Labute approximate surface area is 172 Å². The van der Waals surface area contributed by atoms with E-state index >= 15 is 0 Å². The van der Waals surface area contributed by atoms with Crippen LogP contribution in [0.1, 0.15) is 25.7 Å². The molecule has 0 atom stereocenters. The number of hydrogen-bond donors (Lipinski definition) is 0. The molecule has 8 nitrogen and oxygen atoms in total. The topological polar surface area (TPSA) is 101 Å². The Kier molecular flexibility index (Phi) is 11.5. The third-order valence-corrected chi connectivity index (χ3v) is 6.87. The predicted molar refractivity (Wildman–Crippen MR) is 95.3 cm³/mol. The number of halogens is 6. The number of sulfonamides is 2. The Morgan fingerprint density at radius 1 is 0.800 bits per heavy atom. The molecule has 1 aliphatic heterocycles. The van der Waals surface area contributed by atoms with Crippen LogP contribution >= 0.6 is 0 Å². The fourth-order valence-corrected chi connectivity index (χ4v) is 4.13. The van der Waals surface area contributed by atoms with Gasteiger partial charge in [-0.1, -0.05) is 0 Å². The third-order valence-electron chi connectivity index (χ3n) is 4.13. The van der Waals surface area contributed by atoms with Gasteiger partial charge in [-0.15, -0.1) is 0 Å². The van der Waals surface area contributed by atoms with E-state index in [0.29, 0.717) is 6.61 Å². The minimum absolute atomic E-state index is 0.712. The highest BCUT2D eigenvalue weighted by molar-refractivity contribution is 8.13. The quantitative estimate of drug-likeness (QED) is 0.291. The molecule has 1 saturated heterocycles. The zero-order valence-corrected chi connectivity index (χ0v) is 18.1. The van der Waals surface area contributed by atoms with Gasteiger partial charge in [0.1, 0.15) is 6.54 Å². The van der Waals surface area contributed by atoms with E-state index in [0.717, 1.165) is 23.9 Å². The van der Waals surface area contributed by atoms with Crippen molar-refractivity contribution in [2.75, 3.05) is 53.6 Å². The first-order chi connectivity index (χ1) is 13.5. The normalized spacial score (nSPS) is 18.3. The monoisotopic (exact) mass is 496 g/mol. The number of alkyl halides is 6. The second-order valence-corrected chi connectivity index (χ2v) is 10.1. The minimum Gasteiger partial charge on any atom is -0.421 e. The van der Waals surface area contributed by atoms with Crippen molar-refractivity contribution in [3.63, 3.8) is 0 Å². The zero-order chi connectivity index (χ0) is 23.7. The van der Waals surface area contributed by atoms with Crippen molar-refractivity contribution in [1.82, 2.24) is 0 Å². The molecule has 0 aromatic heterocycles. The third kappa shape index (κ3) is 10.6. The summed E-state index contributed by atoms with van der Waals surface area (Å²) in [4.78, 5) is 0. The molecule has 0 bridgehead atoms. The summed E-state index contributed by atoms with van der Waals surface area (Å²) >= 11 is 0. The molecule has 0 spiro atoms. The van der Waals surface area contributed by atoms with Crippen molar-refractivity contribution in [3.05, 3.63) is 4.13 Å². The van der Waals surface area contributed by atoms with Crippen LogP contribution in [0, 0.1) is 0 Å². The highest BCUT2D eigenvalue weighted by atomic mass is 32.3. The van der Waals surface area contributed by atoms with Gasteiger partial charge in [0.05, 0.1) is 40.0 Å². The summed E-state index contributed by atoms with van der Waals surface area (Å²) in [5, 5.41) is 0. The van der Waals surface area contributed by atoms with E-state index < -0.39 is 31.1 Å². The predicted octanol–water partition coefficient (Wildman–Crippen LogP) is 2.73. The highest BCUT2D eigenvalue weighted by Crippen LogP contribution is 2.36. The van der Waals surface area contributed by atoms with E-state index in [1.807, 2.05) is 0 Å². The molecule has 0 radical (unpaired) electrons. The van der Waals surface area contributed by atoms with Gasteiger partial charge in [0.15, 0.2) is 20.0 Å². The van der Waals surface area contributed by atoms with Crippen LogP contribution < -0.4 is 0 Å². The van der Waals surface area contributed by atoms with Crippen LogP contribution in [0.15, 0.2) is 0 Å². The van der Waals surface area contributed by atoms with Crippen molar-refractivity contribution < 1.29 is 57.1 Å². The van der Waals surface area contributed by atoms with Crippen molar-refractivity contribution in [2.45, 2.75) is 36.7 Å². The van der Waals surface area contributed by atoms with Gasteiger partial charge in [-0.3, -0.25) is 0 Å². The standard InChI is InChI=1S/C12H26NO2.C2F6NO4S2/c1-13(7-5-3-4-6-8-13)9-10-15-12-11-14-2;3-1(4,5)14(10,11)9-15(12,13)2(6,7)8/h3-12H2,1-2H3;/q+1;-1. The van der Waals surface area contributed by atoms with Crippen LogP contribution in [0.3, 0.4) is 0 Å². The summed E-state index contributed by atoms with van der Waals surface area (Å²) < 4.78 is 121. The molecular formula is C14H26F6N2O6S2. The minimum atomic E-state index is -6.72. The van der Waals surface area contributed by atoms with Gasteiger partial charge in [0, 0.05) is 7.11 Å². The Balaban J connectivity index is 0.000000561. The van der Waals surface area contributed by atoms with Gasteiger partial charge in [0.2, 0.25) is 0 Å². The number of nitrogens with zero attached hydrogens (tertiary/aromatic N) is 2. The van der Waals surface area contributed by atoms with Crippen molar-refractivity contribution in [1.29, 1.82) is 0 Å². The van der Waals surface area contributed by atoms with E-state index in [-0.39, 0.29) is 0 Å². The zero-order valence-electron chi connectivity index (χ0n) is 16.5. The van der Waals surface area contributed by atoms with E-state index in [1.54, 1.807) is 7.11 Å². The van der Waals surface area contributed by atoms with Gasteiger partial charge < -0.3 is 18.1 Å². The molecule has 0 aromatic carbocycles. The summed E-state index contributed by atoms with van der Waals surface area (Å²) in [6.45, 7) is 6.13. The van der Waals surface area contributed by atoms with Gasteiger partial charge in [-0.25, -0.2) is 16.8 Å². The molecule has 0 saturated carbocycles. The van der Waals surface area contributed by atoms with Gasteiger partial charge in [0.25, 0.3) is 0 Å². The maximum absolute atomic E-state index is 11.4. The Morgan fingerprint density at radius 3 is 1.60 bits per heavy atom. The molecule has 1 aliphatic rings. The van der Waals surface area contributed by atoms with Crippen LogP contribution in [-0.4, -0.2) is 85.9 Å². The van der Waals surface area contributed by atoms with Crippen molar-refractivity contribution >= 4 is 20.0 Å². The summed E-state index contributed by atoms with van der Waals surface area (Å²) in [6, 6.07) is 0. The number of hydrogen-bond acceptors (Lipinski definition) is 6. The van der Waals surface area contributed by atoms with E-state index in [1.165, 1.54) is 43.3 Å². The van der Waals surface area contributed by atoms with Gasteiger partial charge >= 0.3 is 11.0 Å². The molecule has 16 heteroatoms. The fourth-order valence-electron chi connectivity index (χ4n) is 2.42. The number of likely N-dealkylation sites (tertiary alicyclic amines) is 1. The lowest BCUT2D eigenvalue weighted by molar-refractivity contribution is -0.909. The lowest BCUT2D eigenvalue weighted by atomic mass is 10.2. The Morgan fingerprint density at radius 2 is 1.23 bits per heavy atom. The first-order valence-corrected chi connectivity index (χ1v) is 11.6. The largest absolute Gasteiger partial charge is 0.480 e. The number of likely N-dealkylation sites (N-methyl/N-ethyl adjacent to an activating group) is 1. The molecule has 30 heavy (non-hydrogen) atoms. The molecule has 0 amide bonds. The summed E-state index contributed by atoms with van der Waals surface area (Å²) in [5.41, 5.74) is -12.4. The fraction of sp³-hybridized carbons (Fsp3) is 1.00. The summed E-state index contributed by atoms with van der Waals surface area (Å²) in [6.07, 6.45) is 5.60. The number of quaternary nitrogens is 1. The maximum Gasteiger partial charge on any atom is 0.480 e. The van der Waals surface area contributed by atoms with Gasteiger partial charge in [-0.05, 0) is 25.7 Å². The van der Waals surface area contributed by atoms with E-state index in [9.17, 15) is 43.2 Å². The molecule has 182 valence electrons. The second kappa shape index (κ2) is 11.8. The molecule has 0 aliphatic carbocycles. The summed E-state index contributed by atoms with van der Waals surface area (Å²) in [5.74, 6) is 0. The molecular weight excluding hydrogens is 470 g/mol. The first-order valence-electron chi connectivity index (χ1n) is 8.74. The summed E-state index contributed by atoms with van der Waals surface area (Å²) in [7, 11) is -9.36. The van der Waals surface area contributed by atoms with Crippen LogP contribution in [0.25, 0.3) is 4.13 Å². The number of methoxy groups -OCH3 is 1. The van der Waals surface area contributed by atoms with Crippen molar-refractivity contribution in [3.8, 4) is 0 Å². The van der Waals surface area contributed by atoms with Crippen LogP contribution in [0.2, 0.25) is 0 Å². The van der Waals surface area contributed by atoms with E-state index in [2.05, 4.69) is 7.05 Å². The van der Waals surface area contributed by atoms with Crippen LogP contribution in [0.5, 0.6) is 0 Å². The Hall–Kier alpha value is -0.680. The maximum atomic E-state index is 11.4. The first kappa shape index (κ1) is 29.3. The molecule has 1 rings (SSSR count). The van der Waals surface area contributed by atoms with Crippen molar-refractivity contribution in [2.24, 2.45) is 0 Å². The lowest BCUT2D eigenvalue weighted by Crippen LogP contribution is -2.47. The average Bonchev–Trinajstić information content (AvgIpc) is 2.77. The second-order valence-electron chi connectivity index (χ2n) is 6.73. The number of ether oxygens (including phenoxy) is 2. The Bertz CT molecular complexity index is 659. The van der Waals surface area contributed by atoms with Gasteiger partial charge in [-0.2, -0.15) is 26.3 Å². The molecule has 1 fully saturated rings. The molecule has 1 heterocycles. The number of rotatable bonds is 8. The molecule has 0 N–H and O–H groups in total. The molecule has 0 aromatic rings. The lowest BCUT2D eigenvalue weighted by Gasteiger charge is -2.33. The van der Waals surface area contributed by atoms with Crippen LogP contribution in [-0.2, 0) is 29.5 Å². The molecule has 0 unspecified atom stereocenters. The highest BCUT2D eigenvalue weighted by Gasteiger charge is 2.46.